The first kappa shape index (κ1) is 4.77. The lowest BCUT2D eigenvalue weighted by Crippen LogP contribution is -2.02. The van der Waals surface area contributed by atoms with E-state index in [2.05, 4.69) is 9.63 Å². The van der Waals surface area contributed by atoms with Crippen LogP contribution in [-0.4, -0.2) is 11.2 Å². The molecule has 0 N–H and O–H groups in total. The molecule has 38 valence electrons. The molecule has 0 saturated heterocycles. The molecule has 1 heterocycles. The van der Waals surface area contributed by atoms with Crippen molar-refractivity contribution in [2.45, 2.75) is 12.2 Å². The van der Waals surface area contributed by atoms with Gasteiger partial charge in [0.2, 0.25) is 0 Å². The predicted octanol–water partition coefficient (Wildman–Crippen LogP) is 1.02. The van der Waals surface area contributed by atoms with E-state index in [0.29, 0.717) is 0 Å². The molecule has 0 aromatic heterocycles. The molecule has 1 aliphatic heterocycles. The quantitative estimate of drug-likeness (QED) is 0.443. The van der Waals surface area contributed by atoms with Crippen LogP contribution in [0.15, 0.2) is 9.63 Å². The third-order valence-corrected chi connectivity index (χ3v) is 1.39. The van der Waals surface area contributed by atoms with Crippen LogP contribution in [0.3, 0.4) is 0 Å². The van der Waals surface area contributed by atoms with Crippen molar-refractivity contribution >= 4 is 17.9 Å². The Morgan fingerprint density at radius 2 is 2.57 bits per heavy atom. The molecule has 3 nitrogen and oxygen atoms in total. The first-order valence-corrected chi connectivity index (χ1v) is 2.75. The van der Waals surface area contributed by atoms with Crippen LogP contribution in [0.4, 0.5) is 0 Å². The molecule has 0 bridgehead atoms. The average molecular weight is 116 g/mol. The molecule has 1 atom stereocenters. The van der Waals surface area contributed by atoms with Crippen LogP contribution in [-0.2, 0) is 4.79 Å². The number of amides is 1. The van der Waals surface area contributed by atoms with Gasteiger partial charge < -0.3 is 0 Å². The van der Waals surface area contributed by atoms with Crippen LogP contribution in [0.25, 0.3) is 0 Å². The molecular formula is C3H4N2OS. The Morgan fingerprint density at radius 1 is 1.86 bits per heavy atom. The summed E-state index contributed by atoms with van der Waals surface area (Å²) in [4.78, 5) is 10.3. The molecule has 0 spiro atoms. The lowest BCUT2D eigenvalue weighted by Gasteiger charge is -1.85. The summed E-state index contributed by atoms with van der Waals surface area (Å²) in [5, 5.41) is 3.22. The van der Waals surface area contributed by atoms with Crippen molar-refractivity contribution < 1.29 is 4.79 Å². The van der Waals surface area contributed by atoms with Gasteiger partial charge >= 0.3 is 0 Å². The highest BCUT2D eigenvalue weighted by atomic mass is 32.2. The maximum atomic E-state index is 10.3. The Bertz CT molecular complexity index is 122. The monoisotopic (exact) mass is 116 g/mol. The normalized spacial score (nSPS) is 29.3. The number of hydrogen-bond donors (Lipinski definition) is 0. The van der Waals surface area contributed by atoms with Crippen molar-refractivity contribution in [3.05, 3.63) is 0 Å². The van der Waals surface area contributed by atoms with Gasteiger partial charge in [0.15, 0.2) is 0 Å². The van der Waals surface area contributed by atoms with Gasteiger partial charge in [0.05, 0.1) is 0 Å². The van der Waals surface area contributed by atoms with Crippen LogP contribution in [0.2, 0.25) is 0 Å². The fourth-order valence-electron chi connectivity index (χ4n) is 0.261. The number of carbonyl (C=O) groups is 1. The van der Waals surface area contributed by atoms with Crippen molar-refractivity contribution in [2.75, 3.05) is 0 Å². The van der Waals surface area contributed by atoms with E-state index in [1.165, 1.54) is 11.9 Å². The third kappa shape index (κ3) is 0.796. The molecule has 4 heteroatoms. The van der Waals surface area contributed by atoms with E-state index in [1.807, 2.05) is 0 Å². The summed E-state index contributed by atoms with van der Waals surface area (Å²) in [5.74, 6) is -0.120. The fourth-order valence-corrected chi connectivity index (χ4v) is 0.667. The number of rotatable bonds is 0. The smallest absolute Gasteiger partial charge is 0.270 e. The molecule has 0 fully saturated rings. The van der Waals surface area contributed by atoms with Gasteiger partial charge in [-0.15, -0.1) is 9.63 Å². The minimum atomic E-state index is -0.120. The van der Waals surface area contributed by atoms with Gasteiger partial charge in [-0.25, -0.2) is 0 Å². The van der Waals surface area contributed by atoms with Crippen LogP contribution >= 0.6 is 11.9 Å². The maximum absolute atomic E-state index is 10.3. The van der Waals surface area contributed by atoms with Gasteiger partial charge in [-0.05, 0) is 6.92 Å². The predicted molar refractivity (Wildman–Crippen MR) is 26.9 cm³/mol. The summed E-state index contributed by atoms with van der Waals surface area (Å²) in [7, 11) is 0. The Hall–Kier alpha value is -0.380. The second kappa shape index (κ2) is 1.61. The second-order valence-electron chi connectivity index (χ2n) is 1.27. The highest BCUT2D eigenvalue weighted by Crippen LogP contribution is 2.19. The summed E-state index contributed by atoms with van der Waals surface area (Å²) >= 11 is 1.21. The van der Waals surface area contributed by atoms with Gasteiger partial charge in [-0.3, -0.25) is 4.79 Å². The lowest BCUT2D eigenvalue weighted by molar-refractivity contribution is -0.117. The Kier molecular flexibility index (Phi) is 1.10. The summed E-state index contributed by atoms with van der Waals surface area (Å²) in [6, 6.07) is 0. The zero-order valence-electron chi connectivity index (χ0n) is 3.79. The first-order valence-electron chi connectivity index (χ1n) is 1.91. The Balaban J connectivity index is 2.62. The summed E-state index contributed by atoms with van der Waals surface area (Å²) in [6.07, 6.45) is 0. The van der Waals surface area contributed by atoms with Crippen molar-refractivity contribution in [1.82, 2.24) is 0 Å². The zero-order valence-corrected chi connectivity index (χ0v) is 4.60. The van der Waals surface area contributed by atoms with E-state index >= 15 is 0 Å². The summed E-state index contributed by atoms with van der Waals surface area (Å²) < 4.78 is 3.44. The van der Waals surface area contributed by atoms with Crippen molar-refractivity contribution in [1.29, 1.82) is 0 Å². The van der Waals surface area contributed by atoms with Crippen LogP contribution in [0.5, 0.6) is 0 Å². The molecule has 1 amide bonds. The molecule has 0 saturated carbocycles. The minimum absolute atomic E-state index is 0.0417. The highest BCUT2D eigenvalue weighted by molar-refractivity contribution is 7.99. The number of nitrogens with zero attached hydrogens (tertiary/aromatic N) is 2. The highest BCUT2D eigenvalue weighted by Gasteiger charge is 2.17. The number of hydrogen-bond acceptors (Lipinski definition) is 3. The van der Waals surface area contributed by atoms with E-state index in [4.69, 9.17) is 0 Å². The van der Waals surface area contributed by atoms with E-state index in [0.717, 1.165) is 0 Å². The largest absolute Gasteiger partial charge is 0.279 e. The van der Waals surface area contributed by atoms with Gasteiger partial charge in [-0.2, -0.15) is 0 Å². The van der Waals surface area contributed by atoms with Gasteiger partial charge in [0.25, 0.3) is 5.91 Å². The van der Waals surface area contributed by atoms with Crippen molar-refractivity contribution in [3.63, 3.8) is 0 Å². The van der Waals surface area contributed by atoms with Crippen molar-refractivity contribution in [3.8, 4) is 0 Å². The average Bonchev–Trinajstić information content (AvgIpc) is 1.91. The summed E-state index contributed by atoms with van der Waals surface area (Å²) in [5.41, 5.74) is 0. The topological polar surface area (TPSA) is 41.8 Å². The van der Waals surface area contributed by atoms with E-state index in [9.17, 15) is 4.79 Å². The third-order valence-electron chi connectivity index (χ3n) is 0.692. The maximum Gasteiger partial charge on any atom is 0.279 e. The van der Waals surface area contributed by atoms with Crippen LogP contribution in [0, 0.1) is 0 Å². The van der Waals surface area contributed by atoms with Crippen molar-refractivity contribution in [2.24, 2.45) is 9.63 Å². The Morgan fingerprint density at radius 3 is 2.71 bits per heavy atom. The standard InChI is InChI=1S/C3H4N2OS/c1-2-3(6)4-5-7-2/h2H,1H3. The van der Waals surface area contributed by atoms with Gasteiger partial charge in [0.1, 0.15) is 5.25 Å². The van der Waals surface area contributed by atoms with Crippen LogP contribution in [0.1, 0.15) is 6.92 Å². The van der Waals surface area contributed by atoms with Gasteiger partial charge in [-0.1, -0.05) is 0 Å². The fraction of sp³-hybridized carbons (Fsp3) is 0.667. The lowest BCUT2D eigenvalue weighted by atomic mass is 10.5. The Labute approximate surface area is 45.3 Å². The molecule has 1 unspecified atom stereocenters. The molecule has 0 aromatic carbocycles. The summed E-state index contributed by atoms with van der Waals surface area (Å²) in [6.45, 7) is 1.78. The second-order valence-corrected chi connectivity index (χ2v) is 2.35. The first-order chi connectivity index (χ1) is 3.30. The van der Waals surface area contributed by atoms with E-state index in [-0.39, 0.29) is 11.2 Å². The SMILES string of the molecule is CC1SN=NC1=O. The van der Waals surface area contributed by atoms with Gasteiger partial charge in [0, 0.05) is 11.9 Å². The molecule has 0 aliphatic carbocycles. The van der Waals surface area contributed by atoms with Crippen LogP contribution < -0.4 is 0 Å². The molecule has 7 heavy (non-hydrogen) atoms. The molecule has 0 aromatic rings. The zero-order chi connectivity index (χ0) is 5.28. The molecule has 1 aliphatic rings. The molecular weight excluding hydrogens is 112 g/mol. The van der Waals surface area contributed by atoms with E-state index in [1.54, 1.807) is 6.92 Å². The molecule has 1 rings (SSSR count). The minimum Gasteiger partial charge on any atom is -0.270 e. The molecule has 0 radical (unpaired) electrons. The number of carbonyl (C=O) groups excluding carboxylic acids is 1. The van der Waals surface area contributed by atoms with E-state index < -0.39 is 0 Å².